The van der Waals surface area contributed by atoms with Crippen LogP contribution in [0.5, 0.6) is 5.75 Å². The third kappa shape index (κ3) is 3.97. The molecular weight excluding hydrogens is 402 g/mol. The molecule has 1 saturated heterocycles. The second-order valence-electron chi connectivity index (χ2n) is 7.61. The first-order chi connectivity index (χ1) is 14.4. The van der Waals surface area contributed by atoms with Crippen LogP contribution in [0.25, 0.3) is 11.4 Å². The summed E-state index contributed by atoms with van der Waals surface area (Å²) >= 11 is 0. The summed E-state index contributed by atoms with van der Waals surface area (Å²) < 4.78 is 38.2. The molecule has 0 aliphatic carbocycles. The summed E-state index contributed by atoms with van der Waals surface area (Å²) in [6.07, 6.45) is 1.29. The Morgan fingerprint density at radius 3 is 2.37 bits per heavy atom. The molecule has 0 amide bonds. The van der Waals surface area contributed by atoms with Gasteiger partial charge in [-0.2, -0.15) is 9.29 Å². The van der Waals surface area contributed by atoms with E-state index >= 15 is 0 Å². The highest BCUT2D eigenvalue weighted by atomic mass is 32.2. The van der Waals surface area contributed by atoms with E-state index in [9.17, 15) is 8.42 Å². The SMILES string of the molecule is COc1ccc(-c2noc(C3CCN(S(=O)(=O)c4ccc(C)c(C)c4)CC3)n2)cc1. The summed E-state index contributed by atoms with van der Waals surface area (Å²) in [5, 5.41) is 4.09. The van der Waals surface area contributed by atoms with Crippen LogP contribution in [0, 0.1) is 13.8 Å². The summed E-state index contributed by atoms with van der Waals surface area (Å²) in [6.45, 7) is 4.76. The number of benzene rings is 2. The molecule has 1 fully saturated rings. The molecule has 158 valence electrons. The second kappa shape index (κ2) is 8.20. The van der Waals surface area contributed by atoms with Gasteiger partial charge in [0.25, 0.3) is 0 Å². The minimum absolute atomic E-state index is 0.0516. The van der Waals surface area contributed by atoms with E-state index in [0.717, 1.165) is 22.4 Å². The van der Waals surface area contributed by atoms with Gasteiger partial charge in [0.2, 0.25) is 21.7 Å². The van der Waals surface area contributed by atoms with Crippen LogP contribution in [0.15, 0.2) is 51.9 Å². The van der Waals surface area contributed by atoms with Gasteiger partial charge in [-0.3, -0.25) is 0 Å². The van der Waals surface area contributed by atoms with E-state index in [2.05, 4.69) is 10.1 Å². The maximum absolute atomic E-state index is 13.0. The number of hydrogen-bond donors (Lipinski definition) is 0. The molecule has 8 heteroatoms. The molecule has 1 aromatic heterocycles. The smallest absolute Gasteiger partial charge is 0.243 e. The molecule has 1 aliphatic rings. The zero-order valence-electron chi connectivity index (χ0n) is 17.3. The standard InChI is InChI=1S/C22H25N3O4S/c1-15-4-9-20(14-16(15)2)30(26,27)25-12-10-18(11-13-25)22-23-21(24-29-22)17-5-7-19(28-3)8-6-17/h4-9,14,18H,10-13H2,1-3H3. The number of rotatable bonds is 5. The van der Waals surface area contributed by atoms with Crippen molar-refractivity contribution in [1.82, 2.24) is 14.4 Å². The average molecular weight is 428 g/mol. The molecular formula is C22H25N3O4S. The van der Waals surface area contributed by atoms with E-state index in [1.807, 2.05) is 44.2 Å². The Balaban J connectivity index is 1.44. The van der Waals surface area contributed by atoms with Gasteiger partial charge in [-0.1, -0.05) is 11.2 Å². The van der Waals surface area contributed by atoms with Crippen LogP contribution in [0.4, 0.5) is 0 Å². The van der Waals surface area contributed by atoms with E-state index in [1.54, 1.807) is 23.5 Å². The van der Waals surface area contributed by atoms with E-state index in [0.29, 0.717) is 42.5 Å². The van der Waals surface area contributed by atoms with Crippen LogP contribution in [0.2, 0.25) is 0 Å². The number of nitrogens with zero attached hydrogens (tertiary/aromatic N) is 3. The highest BCUT2D eigenvalue weighted by molar-refractivity contribution is 7.89. The fourth-order valence-electron chi connectivity index (χ4n) is 3.62. The fourth-order valence-corrected chi connectivity index (χ4v) is 5.18. The Morgan fingerprint density at radius 2 is 1.73 bits per heavy atom. The van der Waals surface area contributed by atoms with Gasteiger partial charge in [0.1, 0.15) is 5.75 Å². The normalized spacial score (nSPS) is 16.0. The van der Waals surface area contributed by atoms with Gasteiger partial charge in [-0.15, -0.1) is 0 Å². The highest BCUT2D eigenvalue weighted by Gasteiger charge is 2.32. The minimum atomic E-state index is -3.50. The summed E-state index contributed by atoms with van der Waals surface area (Å²) in [5.74, 6) is 1.90. The molecule has 1 aliphatic heterocycles. The maximum atomic E-state index is 13.0. The van der Waals surface area contributed by atoms with Crippen LogP contribution in [0.3, 0.4) is 0 Å². The Labute approximate surface area is 176 Å². The molecule has 4 rings (SSSR count). The van der Waals surface area contributed by atoms with Gasteiger partial charge in [-0.05, 0) is 74.2 Å². The van der Waals surface area contributed by atoms with Crippen molar-refractivity contribution in [3.8, 4) is 17.1 Å². The number of aromatic nitrogens is 2. The molecule has 3 aromatic rings. The summed E-state index contributed by atoms with van der Waals surface area (Å²) in [4.78, 5) is 4.89. The van der Waals surface area contributed by atoms with E-state index < -0.39 is 10.0 Å². The number of aryl methyl sites for hydroxylation is 2. The first-order valence-electron chi connectivity index (χ1n) is 9.94. The first kappa shape index (κ1) is 20.6. The topological polar surface area (TPSA) is 85.5 Å². The summed E-state index contributed by atoms with van der Waals surface area (Å²) in [5.41, 5.74) is 2.90. The molecule has 0 N–H and O–H groups in total. The lowest BCUT2D eigenvalue weighted by molar-refractivity contribution is 0.271. The average Bonchev–Trinajstić information content (AvgIpc) is 3.26. The van der Waals surface area contributed by atoms with Gasteiger partial charge in [0, 0.05) is 24.6 Å². The predicted octanol–water partition coefficient (Wildman–Crippen LogP) is 3.93. The van der Waals surface area contributed by atoms with Gasteiger partial charge >= 0.3 is 0 Å². The third-order valence-corrected chi connectivity index (χ3v) is 7.60. The Hall–Kier alpha value is -2.71. The first-order valence-corrected chi connectivity index (χ1v) is 11.4. The van der Waals surface area contributed by atoms with Crippen LogP contribution < -0.4 is 4.74 Å². The molecule has 7 nitrogen and oxygen atoms in total. The molecule has 0 saturated carbocycles. The quantitative estimate of drug-likeness (QED) is 0.613. The van der Waals surface area contributed by atoms with E-state index in [4.69, 9.17) is 9.26 Å². The molecule has 0 radical (unpaired) electrons. The number of hydrogen-bond acceptors (Lipinski definition) is 6. The van der Waals surface area contributed by atoms with Crippen molar-refractivity contribution < 1.29 is 17.7 Å². The highest BCUT2D eigenvalue weighted by Crippen LogP contribution is 2.31. The second-order valence-corrected chi connectivity index (χ2v) is 9.55. The molecule has 0 unspecified atom stereocenters. The number of ether oxygens (including phenoxy) is 1. The van der Waals surface area contributed by atoms with Gasteiger partial charge in [0.05, 0.1) is 12.0 Å². The lowest BCUT2D eigenvalue weighted by Gasteiger charge is -2.29. The monoisotopic (exact) mass is 427 g/mol. The number of sulfonamides is 1. The van der Waals surface area contributed by atoms with Crippen molar-refractivity contribution in [2.45, 2.75) is 37.5 Å². The number of piperidine rings is 1. The molecule has 30 heavy (non-hydrogen) atoms. The molecule has 2 aromatic carbocycles. The van der Waals surface area contributed by atoms with Crippen molar-refractivity contribution in [2.75, 3.05) is 20.2 Å². The maximum Gasteiger partial charge on any atom is 0.243 e. The van der Waals surface area contributed by atoms with Crippen molar-refractivity contribution in [3.05, 3.63) is 59.5 Å². The Bertz CT molecular complexity index is 1130. The van der Waals surface area contributed by atoms with Gasteiger partial charge in [-0.25, -0.2) is 8.42 Å². The molecule has 2 heterocycles. The Kier molecular flexibility index (Phi) is 5.62. The molecule has 0 bridgehead atoms. The van der Waals surface area contributed by atoms with Crippen molar-refractivity contribution in [3.63, 3.8) is 0 Å². The third-order valence-electron chi connectivity index (χ3n) is 5.71. The van der Waals surface area contributed by atoms with Gasteiger partial charge in [0.15, 0.2) is 0 Å². The number of methoxy groups -OCH3 is 1. The van der Waals surface area contributed by atoms with E-state index in [1.165, 1.54) is 0 Å². The minimum Gasteiger partial charge on any atom is -0.497 e. The van der Waals surface area contributed by atoms with Crippen molar-refractivity contribution >= 4 is 10.0 Å². The lowest BCUT2D eigenvalue weighted by atomic mass is 9.98. The van der Waals surface area contributed by atoms with Crippen LogP contribution >= 0.6 is 0 Å². The predicted molar refractivity (Wildman–Crippen MR) is 113 cm³/mol. The van der Waals surface area contributed by atoms with Crippen molar-refractivity contribution in [1.29, 1.82) is 0 Å². The van der Waals surface area contributed by atoms with Crippen LogP contribution in [0.1, 0.15) is 35.8 Å². The largest absolute Gasteiger partial charge is 0.497 e. The summed E-state index contributed by atoms with van der Waals surface area (Å²) in [7, 11) is -1.88. The molecule has 0 atom stereocenters. The van der Waals surface area contributed by atoms with Crippen molar-refractivity contribution in [2.24, 2.45) is 0 Å². The van der Waals surface area contributed by atoms with Crippen LogP contribution in [-0.2, 0) is 10.0 Å². The van der Waals surface area contributed by atoms with Gasteiger partial charge < -0.3 is 9.26 Å². The van der Waals surface area contributed by atoms with E-state index in [-0.39, 0.29) is 5.92 Å². The fraction of sp³-hybridized carbons (Fsp3) is 0.364. The van der Waals surface area contributed by atoms with Crippen LogP contribution in [-0.4, -0.2) is 43.1 Å². The zero-order chi connectivity index (χ0) is 21.3. The zero-order valence-corrected chi connectivity index (χ0v) is 18.1. The summed E-state index contributed by atoms with van der Waals surface area (Å²) in [6, 6.07) is 12.7. The lowest BCUT2D eigenvalue weighted by Crippen LogP contribution is -2.38. The Morgan fingerprint density at radius 1 is 1.03 bits per heavy atom. The molecule has 0 spiro atoms.